The summed E-state index contributed by atoms with van der Waals surface area (Å²) in [6, 6.07) is 2.37. The van der Waals surface area contributed by atoms with Crippen molar-refractivity contribution in [2.75, 3.05) is 32.7 Å². The molecular formula is C16H31N3. The summed E-state index contributed by atoms with van der Waals surface area (Å²) in [5.74, 6) is 0.889. The van der Waals surface area contributed by atoms with Crippen molar-refractivity contribution in [3.8, 4) is 0 Å². The number of nitrogens with zero attached hydrogens (tertiary/aromatic N) is 2. The lowest BCUT2D eigenvalue weighted by molar-refractivity contribution is 0.178. The highest BCUT2D eigenvalue weighted by Crippen LogP contribution is 2.27. The van der Waals surface area contributed by atoms with E-state index in [1.165, 1.54) is 64.8 Å². The molecular weight excluding hydrogens is 234 g/mol. The van der Waals surface area contributed by atoms with Crippen molar-refractivity contribution < 1.29 is 0 Å². The van der Waals surface area contributed by atoms with Gasteiger partial charge in [0.25, 0.3) is 0 Å². The topological polar surface area (TPSA) is 18.5 Å². The summed E-state index contributed by atoms with van der Waals surface area (Å²) in [6.07, 6.45) is 7.08. The van der Waals surface area contributed by atoms with Gasteiger partial charge in [-0.1, -0.05) is 6.42 Å². The van der Waals surface area contributed by atoms with Crippen LogP contribution in [0.25, 0.3) is 0 Å². The van der Waals surface area contributed by atoms with Crippen LogP contribution in [0.2, 0.25) is 0 Å². The largest absolute Gasteiger partial charge is 0.312 e. The third kappa shape index (κ3) is 3.14. The van der Waals surface area contributed by atoms with Gasteiger partial charge in [0, 0.05) is 31.2 Å². The molecule has 3 nitrogen and oxygen atoms in total. The molecule has 110 valence electrons. The van der Waals surface area contributed by atoms with Crippen LogP contribution in [0.1, 0.15) is 46.0 Å². The zero-order valence-electron chi connectivity index (χ0n) is 12.8. The van der Waals surface area contributed by atoms with Crippen molar-refractivity contribution >= 4 is 0 Å². The average molecular weight is 265 g/mol. The Balaban J connectivity index is 1.43. The van der Waals surface area contributed by atoms with Gasteiger partial charge in [-0.2, -0.15) is 0 Å². The first-order valence-corrected chi connectivity index (χ1v) is 8.45. The van der Waals surface area contributed by atoms with Gasteiger partial charge in [0.2, 0.25) is 0 Å². The van der Waals surface area contributed by atoms with E-state index in [9.17, 15) is 0 Å². The normalized spacial score (nSPS) is 37.1. The van der Waals surface area contributed by atoms with E-state index in [-0.39, 0.29) is 0 Å². The minimum atomic E-state index is 0.727. The van der Waals surface area contributed by atoms with Gasteiger partial charge >= 0.3 is 0 Å². The summed E-state index contributed by atoms with van der Waals surface area (Å²) in [7, 11) is 0. The fourth-order valence-electron chi connectivity index (χ4n) is 4.30. The number of hydrogen-bond acceptors (Lipinski definition) is 3. The molecule has 3 atom stereocenters. The smallest absolute Gasteiger partial charge is 0.0249 e. The highest BCUT2D eigenvalue weighted by Gasteiger charge is 2.35. The molecule has 1 N–H and O–H groups in total. The Morgan fingerprint density at radius 1 is 1.05 bits per heavy atom. The van der Waals surface area contributed by atoms with E-state index in [2.05, 4.69) is 29.0 Å². The average Bonchev–Trinajstić information content (AvgIpc) is 3.03. The maximum Gasteiger partial charge on any atom is 0.0249 e. The van der Waals surface area contributed by atoms with Gasteiger partial charge in [-0.15, -0.1) is 0 Å². The minimum Gasteiger partial charge on any atom is -0.312 e. The summed E-state index contributed by atoms with van der Waals surface area (Å²) < 4.78 is 0. The Kier molecular flexibility index (Phi) is 4.45. The molecule has 0 aromatic heterocycles. The van der Waals surface area contributed by atoms with Crippen molar-refractivity contribution in [1.82, 2.24) is 15.1 Å². The molecule has 0 aromatic carbocycles. The fraction of sp³-hybridized carbons (Fsp3) is 1.00. The maximum absolute atomic E-state index is 3.91. The summed E-state index contributed by atoms with van der Waals surface area (Å²) in [5.41, 5.74) is 0. The first-order valence-electron chi connectivity index (χ1n) is 8.45. The predicted molar refractivity (Wildman–Crippen MR) is 80.4 cm³/mol. The van der Waals surface area contributed by atoms with E-state index < -0.39 is 0 Å². The Morgan fingerprint density at radius 3 is 2.74 bits per heavy atom. The third-order valence-corrected chi connectivity index (χ3v) is 5.57. The van der Waals surface area contributed by atoms with E-state index in [1.807, 2.05) is 0 Å². The monoisotopic (exact) mass is 265 g/mol. The van der Waals surface area contributed by atoms with Gasteiger partial charge in [-0.05, 0) is 65.1 Å². The summed E-state index contributed by atoms with van der Waals surface area (Å²) >= 11 is 0. The molecule has 3 unspecified atom stereocenters. The fourth-order valence-corrected chi connectivity index (χ4v) is 4.30. The lowest BCUT2D eigenvalue weighted by Crippen LogP contribution is -2.46. The zero-order valence-corrected chi connectivity index (χ0v) is 12.8. The molecule has 3 aliphatic heterocycles. The second kappa shape index (κ2) is 6.11. The molecule has 3 heteroatoms. The van der Waals surface area contributed by atoms with Gasteiger partial charge in [0.1, 0.15) is 0 Å². The third-order valence-electron chi connectivity index (χ3n) is 5.57. The van der Waals surface area contributed by atoms with E-state index in [0.29, 0.717) is 0 Å². The summed E-state index contributed by atoms with van der Waals surface area (Å²) in [6.45, 7) is 11.2. The first kappa shape index (κ1) is 13.8. The lowest BCUT2D eigenvalue weighted by Gasteiger charge is -2.33. The minimum absolute atomic E-state index is 0.727. The molecule has 0 spiro atoms. The molecule has 0 amide bonds. The molecule has 3 fully saturated rings. The molecule has 3 aliphatic rings. The number of rotatable bonds is 4. The summed E-state index contributed by atoms with van der Waals surface area (Å²) in [5, 5.41) is 3.91. The maximum atomic E-state index is 3.91. The Labute approximate surface area is 118 Å². The van der Waals surface area contributed by atoms with Crippen LogP contribution >= 0.6 is 0 Å². The van der Waals surface area contributed by atoms with Crippen molar-refractivity contribution in [1.29, 1.82) is 0 Å². The quantitative estimate of drug-likeness (QED) is 0.838. The molecule has 3 heterocycles. The zero-order chi connectivity index (χ0) is 13.2. The van der Waals surface area contributed by atoms with E-state index in [4.69, 9.17) is 0 Å². The molecule has 0 bridgehead atoms. The molecule has 0 aromatic rings. The van der Waals surface area contributed by atoms with E-state index >= 15 is 0 Å². The number of hydrogen-bond donors (Lipinski definition) is 1. The first-order chi connectivity index (χ1) is 9.24. The van der Waals surface area contributed by atoms with Crippen LogP contribution in [-0.4, -0.2) is 60.6 Å². The van der Waals surface area contributed by atoms with Gasteiger partial charge in [-0.3, -0.25) is 4.90 Å². The second-order valence-electron chi connectivity index (χ2n) is 7.15. The number of likely N-dealkylation sites (tertiary alicyclic amines) is 1. The Morgan fingerprint density at radius 2 is 1.95 bits per heavy atom. The van der Waals surface area contributed by atoms with Gasteiger partial charge in [0.15, 0.2) is 0 Å². The van der Waals surface area contributed by atoms with Crippen molar-refractivity contribution in [2.45, 2.75) is 64.1 Å². The van der Waals surface area contributed by atoms with Gasteiger partial charge < -0.3 is 10.2 Å². The highest BCUT2D eigenvalue weighted by atomic mass is 15.2. The molecule has 0 radical (unpaired) electrons. The van der Waals surface area contributed by atoms with Crippen molar-refractivity contribution in [3.05, 3.63) is 0 Å². The van der Waals surface area contributed by atoms with Crippen LogP contribution in [0.3, 0.4) is 0 Å². The van der Waals surface area contributed by atoms with E-state index in [1.54, 1.807) is 0 Å². The van der Waals surface area contributed by atoms with Crippen molar-refractivity contribution in [3.63, 3.8) is 0 Å². The molecule has 3 rings (SSSR count). The molecule has 19 heavy (non-hydrogen) atoms. The van der Waals surface area contributed by atoms with E-state index in [0.717, 1.165) is 24.0 Å². The predicted octanol–water partition coefficient (Wildman–Crippen LogP) is 1.93. The number of piperidine rings is 1. The van der Waals surface area contributed by atoms with Crippen molar-refractivity contribution in [2.24, 2.45) is 5.92 Å². The highest BCUT2D eigenvalue weighted by molar-refractivity contribution is 4.94. The van der Waals surface area contributed by atoms with Crippen LogP contribution in [0.5, 0.6) is 0 Å². The van der Waals surface area contributed by atoms with Gasteiger partial charge in [-0.25, -0.2) is 0 Å². The van der Waals surface area contributed by atoms with Crippen LogP contribution in [0.4, 0.5) is 0 Å². The lowest BCUT2D eigenvalue weighted by atomic mass is 9.98. The van der Waals surface area contributed by atoms with Crippen LogP contribution in [0.15, 0.2) is 0 Å². The van der Waals surface area contributed by atoms with Crippen LogP contribution in [-0.2, 0) is 0 Å². The molecule has 0 saturated carbocycles. The Hall–Kier alpha value is -0.120. The van der Waals surface area contributed by atoms with Crippen LogP contribution < -0.4 is 5.32 Å². The SMILES string of the molecule is CC(C)N1CCC(CNC2CCN3CCCCC23)C1. The Bertz CT molecular complexity index is 292. The van der Waals surface area contributed by atoms with Crippen LogP contribution in [0, 0.1) is 5.92 Å². The molecule has 3 saturated heterocycles. The standard InChI is InChI=1S/C16H31N3/c1-13(2)19-9-6-14(12-19)11-17-15-7-10-18-8-4-3-5-16(15)18/h13-17H,3-12H2,1-2H3. The molecule has 0 aliphatic carbocycles. The van der Waals surface area contributed by atoms with Gasteiger partial charge in [0.05, 0.1) is 0 Å². The number of fused-ring (bicyclic) bond motifs is 1. The second-order valence-corrected chi connectivity index (χ2v) is 7.15. The summed E-state index contributed by atoms with van der Waals surface area (Å²) in [4.78, 5) is 5.37. The number of nitrogens with one attached hydrogen (secondary N) is 1.